The van der Waals surface area contributed by atoms with Crippen molar-refractivity contribution in [2.45, 2.75) is 43.1 Å². The first-order chi connectivity index (χ1) is 8.51. The fourth-order valence-electron chi connectivity index (χ4n) is 1.54. The molecule has 0 aliphatic heterocycles. The van der Waals surface area contributed by atoms with Crippen LogP contribution in [0.2, 0.25) is 0 Å². The molecule has 1 aromatic carbocycles. The van der Waals surface area contributed by atoms with Gasteiger partial charge in [-0.05, 0) is 42.4 Å². The van der Waals surface area contributed by atoms with Crippen LogP contribution >= 0.6 is 11.8 Å². The van der Waals surface area contributed by atoms with Gasteiger partial charge in [0.15, 0.2) is 0 Å². The Hall–Kier alpha value is -0.680. The monoisotopic (exact) mass is 277 g/mol. The zero-order valence-corrected chi connectivity index (χ0v) is 11.2. The minimum atomic E-state index is -4.21. The van der Waals surface area contributed by atoms with E-state index in [9.17, 15) is 13.2 Å². The van der Waals surface area contributed by atoms with Crippen LogP contribution in [0.25, 0.3) is 0 Å². The van der Waals surface area contributed by atoms with E-state index >= 15 is 0 Å². The molecule has 0 bridgehead atoms. The van der Waals surface area contributed by atoms with Crippen molar-refractivity contribution >= 4 is 11.8 Å². The average molecular weight is 277 g/mol. The summed E-state index contributed by atoms with van der Waals surface area (Å²) in [4.78, 5) is 0.234. The highest BCUT2D eigenvalue weighted by molar-refractivity contribution is 8.00. The second-order valence-corrected chi connectivity index (χ2v) is 5.21. The molecule has 0 saturated heterocycles. The Labute approximate surface area is 110 Å². The second-order valence-electron chi connectivity index (χ2n) is 4.08. The molecule has 5 heteroatoms. The second kappa shape index (κ2) is 7.69. The van der Waals surface area contributed by atoms with Gasteiger partial charge in [-0.2, -0.15) is 13.2 Å². The van der Waals surface area contributed by atoms with Crippen LogP contribution in [0.3, 0.4) is 0 Å². The zero-order valence-electron chi connectivity index (χ0n) is 10.4. The maximum Gasteiger partial charge on any atom is 0.446 e. The van der Waals surface area contributed by atoms with Crippen LogP contribution in [0.15, 0.2) is 29.2 Å². The first-order valence-electron chi connectivity index (χ1n) is 6.06. The first kappa shape index (κ1) is 15.4. The summed E-state index contributed by atoms with van der Waals surface area (Å²) in [7, 11) is 0. The molecule has 0 unspecified atom stereocenters. The fraction of sp³-hybridized carbons (Fsp3) is 0.538. The van der Waals surface area contributed by atoms with E-state index in [2.05, 4.69) is 12.2 Å². The fourth-order valence-corrected chi connectivity index (χ4v) is 2.08. The van der Waals surface area contributed by atoms with E-state index in [1.54, 1.807) is 12.1 Å². The summed E-state index contributed by atoms with van der Waals surface area (Å²) >= 11 is -0.0760. The predicted octanol–water partition coefficient (Wildman–Crippen LogP) is 4.58. The highest BCUT2D eigenvalue weighted by atomic mass is 32.2. The summed E-state index contributed by atoms with van der Waals surface area (Å²) in [5.41, 5.74) is -3.20. The molecule has 1 rings (SSSR count). The molecular weight excluding hydrogens is 259 g/mol. The van der Waals surface area contributed by atoms with Crippen LogP contribution in [0.4, 0.5) is 13.2 Å². The molecule has 1 nitrogen and oxygen atoms in total. The zero-order chi connectivity index (χ0) is 13.4. The molecule has 0 fully saturated rings. The number of alkyl halides is 3. The minimum absolute atomic E-state index is 0.0760. The summed E-state index contributed by atoms with van der Waals surface area (Å²) in [6.45, 7) is 3.81. The molecule has 102 valence electrons. The summed E-state index contributed by atoms with van der Waals surface area (Å²) in [5.74, 6) is 0. The average Bonchev–Trinajstić information content (AvgIpc) is 2.29. The topological polar surface area (TPSA) is 12.0 Å². The van der Waals surface area contributed by atoms with Gasteiger partial charge in [-0.3, -0.25) is 0 Å². The number of rotatable bonds is 7. The Morgan fingerprint density at radius 2 is 1.78 bits per heavy atom. The van der Waals surface area contributed by atoms with E-state index in [1.165, 1.54) is 25.0 Å². The lowest BCUT2D eigenvalue weighted by Gasteiger charge is -2.07. The maximum atomic E-state index is 12.1. The summed E-state index contributed by atoms with van der Waals surface area (Å²) < 4.78 is 36.3. The molecular formula is C13H18F3NS. The SMILES string of the molecule is CCCCCNCc1ccc(SC(F)(F)F)cc1. The van der Waals surface area contributed by atoms with Gasteiger partial charge in [0, 0.05) is 11.4 Å². The number of hydrogen-bond donors (Lipinski definition) is 1. The molecule has 0 heterocycles. The van der Waals surface area contributed by atoms with Crippen molar-refractivity contribution in [1.82, 2.24) is 5.32 Å². The molecule has 0 aliphatic rings. The molecule has 0 saturated carbocycles. The Morgan fingerprint density at radius 1 is 1.11 bits per heavy atom. The third-order valence-corrected chi connectivity index (χ3v) is 3.18. The minimum Gasteiger partial charge on any atom is -0.313 e. The van der Waals surface area contributed by atoms with Gasteiger partial charge in [0.1, 0.15) is 0 Å². The molecule has 0 amide bonds. The van der Waals surface area contributed by atoms with Crippen molar-refractivity contribution in [3.05, 3.63) is 29.8 Å². The van der Waals surface area contributed by atoms with E-state index in [0.29, 0.717) is 6.54 Å². The summed E-state index contributed by atoms with van der Waals surface area (Å²) in [6.07, 6.45) is 3.53. The lowest BCUT2D eigenvalue weighted by Crippen LogP contribution is -2.14. The van der Waals surface area contributed by atoms with Crippen LogP contribution in [0, 0.1) is 0 Å². The normalized spacial score (nSPS) is 11.8. The van der Waals surface area contributed by atoms with E-state index in [-0.39, 0.29) is 16.7 Å². The van der Waals surface area contributed by atoms with Crippen molar-refractivity contribution in [3.63, 3.8) is 0 Å². The molecule has 0 aromatic heterocycles. The molecule has 0 spiro atoms. The Morgan fingerprint density at radius 3 is 2.33 bits per heavy atom. The van der Waals surface area contributed by atoms with E-state index in [1.807, 2.05) is 0 Å². The van der Waals surface area contributed by atoms with Gasteiger partial charge >= 0.3 is 5.51 Å². The number of hydrogen-bond acceptors (Lipinski definition) is 2. The summed E-state index contributed by atoms with van der Waals surface area (Å²) in [5, 5.41) is 3.28. The summed E-state index contributed by atoms with van der Waals surface area (Å²) in [6, 6.07) is 6.50. The van der Waals surface area contributed by atoms with Crippen LogP contribution in [0.5, 0.6) is 0 Å². The van der Waals surface area contributed by atoms with Crippen molar-refractivity contribution in [2.24, 2.45) is 0 Å². The molecule has 1 aromatic rings. The quantitative estimate of drug-likeness (QED) is 0.578. The Bertz CT molecular complexity index is 335. The first-order valence-corrected chi connectivity index (χ1v) is 6.88. The highest BCUT2D eigenvalue weighted by Crippen LogP contribution is 2.36. The van der Waals surface area contributed by atoms with Gasteiger partial charge < -0.3 is 5.32 Å². The van der Waals surface area contributed by atoms with Crippen molar-refractivity contribution in [1.29, 1.82) is 0 Å². The maximum absolute atomic E-state index is 12.1. The number of benzene rings is 1. The Balaban J connectivity index is 2.32. The lowest BCUT2D eigenvalue weighted by molar-refractivity contribution is -0.0328. The number of thioether (sulfide) groups is 1. The highest BCUT2D eigenvalue weighted by Gasteiger charge is 2.28. The standard InChI is InChI=1S/C13H18F3NS/c1-2-3-4-9-17-10-11-5-7-12(8-6-11)18-13(14,15)16/h5-8,17H,2-4,9-10H2,1H3. The van der Waals surface area contributed by atoms with Crippen LogP contribution in [0.1, 0.15) is 31.7 Å². The molecule has 0 radical (unpaired) electrons. The van der Waals surface area contributed by atoms with E-state index in [0.717, 1.165) is 18.5 Å². The van der Waals surface area contributed by atoms with E-state index < -0.39 is 5.51 Å². The van der Waals surface area contributed by atoms with Gasteiger partial charge in [0.25, 0.3) is 0 Å². The van der Waals surface area contributed by atoms with Crippen LogP contribution in [-0.4, -0.2) is 12.1 Å². The number of unbranched alkanes of at least 4 members (excludes halogenated alkanes) is 2. The van der Waals surface area contributed by atoms with Gasteiger partial charge in [-0.25, -0.2) is 0 Å². The largest absolute Gasteiger partial charge is 0.446 e. The smallest absolute Gasteiger partial charge is 0.313 e. The number of nitrogens with one attached hydrogen (secondary N) is 1. The molecule has 0 atom stereocenters. The number of halogens is 3. The van der Waals surface area contributed by atoms with E-state index in [4.69, 9.17) is 0 Å². The third-order valence-electron chi connectivity index (χ3n) is 2.44. The lowest BCUT2D eigenvalue weighted by atomic mass is 10.2. The van der Waals surface area contributed by atoms with Gasteiger partial charge in [0.2, 0.25) is 0 Å². The third kappa shape index (κ3) is 6.91. The van der Waals surface area contributed by atoms with Crippen LogP contribution in [-0.2, 0) is 6.54 Å². The molecule has 18 heavy (non-hydrogen) atoms. The molecule has 1 N–H and O–H groups in total. The van der Waals surface area contributed by atoms with Gasteiger partial charge in [0.05, 0.1) is 0 Å². The van der Waals surface area contributed by atoms with Crippen molar-refractivity contribution < 1.29 is 13.2 Å². The predicted molar refractivity (Wildman–Crippen MR) is 69.6 cm³/mol. The Kier molecular flexibility index (Phi) is 6.57. The van der Waals surface area contributed by atoms with Crippen LogP contribution < -0.4 is 5.32 Å². The molecule has 0 aliphatic carbocycles. The van der Waals surface area contributed by atoms with Crippen molar-refractivity contribution in [2.75, 3.05) is 6.54 Å². The van der Waals surface area contributed by atoms with Crippen molar-refractivity contribution in [3.8, 4) is 0 Å². The van der Waals surface area contributed by atoms with Gasteiger partial charge in [-0.15, -0.1) is 0 Å². The van der Waals surface area contributed by atoms with Gasteiger partial charge in [-0.1, -0.05) is 31.9 Å².